The minimum absolute atomic E-state index is 0.0493. The molecule has 1 aliphatic heterocycles. The number of aliphatic carboxylic acids is 2. The molecule has 1 unspecified atom stereocenters. The van der Waals surface area contributed by atoms with E-state index in [0.717, 1.165) is 28.2 Å². The average molecular weight is 723 g/mol. The highest BCUT2D eigenvalue weighted by Crippen LogP contribution is 2.18. The van der Waals surface area contributed by atoms with Crippen molar-refractivity contribution in [2.24, 2.45) is 0 Å². The maximum absolute atomic E-state index is 12.0. The standard InChI is InChI=1S/C36H46N6O8S/c1-26-6-12-32(13-7-26)50-36(47)49-19-18-48-17-14-37-35(51)39-28-10-8-27(9-11-28)20-31-23-41(24-33(43)44)16-15-40(2)21-29-4-3-5-30(38-29)22-42(31)25-34(45)46/h3-13,31H,14-25H2,1-2H3,(H,43,44)(H,45,46)(H2,37,39,51). The molecule has 0 saturated heterocycles. The monoisotopic (exact) mass is 722 g/mol. The predicted octanol–water partition coefficient (Wildman–Crippen LogP) is 3.24. The Morgan fingerprint density at radius 3 is 2.31 bits per heavy atom. The maximum Gasteiger partial charge on any atom is 0.513 e. The zero-order valence-corrected chi connectivity index (χ0v) is 29.8. The van der Waals surface area contributed by atoms with Gasteiger partial charge in [0.1, 0.15) is 12.4 Å². The van der Waals surface area contributed by atoms with E-state index in [1.165, 1.54) is 0 Å². The Labute approximate surface area is 303 Å². The predicted molar refractivity (Wildman–Crippen MR) is 195 cm³/mol. The van der Waals surface area contributed by atoms with Crippen molar-refractivity contribution in [2.75, 3.05) is 71.5 Å². The Bertz CT molecular complexity index is 1590. The van der Waals surface area contributed by atoms with Gasteiger partial charge in [-0.15, -0.1) is 0 Å². The number of ether oxygens (including phenoxy) is 3. The van der Waals surface area contributed by atoms with Crippen LogP contribution in [0.15, 0.2) is 66.7 Å². The number of anilines is 1. The van der Waals surface area contributed by atoms with Gasteiger partial charge in [0.25, 0.3) is 0 Å². The van der Waals surface area contributed by atoms with Crippen molar-refractivity contribution in [2.45, 2.75) is 32.5 Å². The number of fused-ring (bicyclic) bond motifs is 2. The molecule has 14 nitrogen and oxygen atoms in total. The number of nitrogens with zero attached hydrogens (tertiary/aromatic N) is 4. The van der Waals surface area contributed by atoms with E-state index in [9.17, 15) is 24.6 Å². The fourth-order valence-electron chi connectivity index (χ4n) is 5.53. The summed E-state index contributed by atoms with van der Waals surface area (Å²) in [4.78, 5) is 46.2. The average Bonchev–Trinajstić information content (AvgIpc) is 3.07. The highest BCUT2D eigenvalue weighted by molar-refractivity contribution is 7.80. The number of carbonyl (C=O) groups is 3. The first-order valence-corrected chi connectivity index (χ1v) is 17.1. The van der Waals surface area contributed by atoms with Gasteiger partial charge in [-0.2, -0.15) is 0 Å². The largest absolute Gasteiger partial charge is 0.513 e. The second kappa shape index (κ2) is 20.2. The van der Waals surface area contributed by atoms with Crippen LogP contribution in [0.4, 0.5) is 10.5 Å². The van der Waals surface area contributed by atoms with Crippen molar-refractivity contribution in [3.63, 3.8) is 0 Å². The third-order valence-corrected chi connectivity index (χ3v) is 8.27. The molecule has 1 aliphatic rings. The SMILES string of the molecule is Cc1ccc(OC(=O)OCCOCCNC(=S)Nc2ccc(CC3CN(CC(=O)O)CCN(C)Cc4cccc(n4)CN3CC(=O)O)cc2)cc1. The molecule has 2 bridgehead atoms. The first-order valence-electron chi connectivity index (χ1n) is 16.7. The molecule has 15 heteroatoms. The number of hydrogen-bond donors (Lipinski definition) is 4. The normalized spacial score (nSPS) is 15.9. The van der Waals surface area contributed by atoms with E-state index in [4.69, 9.17) is 31.4 Å². The van der Waals surface area contributed by atoms with Crippen LogP contribution in [0.3, 0.4) is 0 Å². The van der Waals surface area contributed by atoms with E-state index in [1.54, 1.807) is 12.1 Å². The van der Waals surface area contributed by atoms with Crippen LogP contribution in [0.1, 0.15) is 22.5 Å². The molecule has 2 heterocycles. The van der Waals surface area contributed by atoms with E-state index < -0.39 is 18.1 Å². The molecular weight excluding hydrogens is 676 g/mol. The number of carboxylic acid groups (broad SMARTS) is 2. The van der Waals surface area contributed by atoms with Gasteiger partial charge in [0.2, 0.25) is 0 Å². The molecule has 3 aromatic rings. The number of carboxylic acids is 2. The third-order valence-electron chi connectivity index (χ3n) is 8.03. The van der Waals surface area contributed by atoms with E-state index in [2.05, 4.69) is 15.5 Å². The van der Waals surface area contributed by atoms with Crippen molar-refractivity contribution >= 4 is 41.1 Å². The topological polar surface area (TPSA) is 166 Å². The molecule has 0 spiro atoms. The summed E-state index contributed by atoms with van der Waals surface area (Å²) in [5.41, 5.74) is 4.41. The minimum Gasteiger partial charge on any atom is -0.480 e. The number of benzene rings is 2. The Balaban J connectivity index is 1.28. The number of likely N-dealkylation sites (N-methyl/N-ethyl adjacent to an activating group) is 1. The van der Waals surface area contributed by atoms with Crippen molar-refractivity contribution in [1.29, 1.82) is 0 Å². The zero-order valence-electron chi connectivity index (χ0n) is 29.0. The highest BCUT2D eigenvalue weighted by Gasteiger charge is 2.26. The first kappa shape index (κ1) is 39.1. The number of rotatable bonds is 14. The van der Waals surface area contributed by atoms with Gasteiger partial charge in [-0.25, -0.2) is 4.79 Å². The van der Waals surface area contributed by atoms with E-state index in [-0.39, 0.29) is 32.3 Å². The summed E-state index contributed by atoms with van der Waals surface area (Å²) < 4.78 is 15.6. The fourth-order valence-corrected chi connectivity index (χ4v) is 5.75. The number of aryl methyl sites for hydroxylation is 1. The van der Waals surface area contributed by atoms with Crippen LogP contribution in [-0.4, -0.2) is 125 Å². The van der Waals surface area contributed by atoms with Gasteiger partial charge in [0.15, 0.2) is 5.11 Å². The molecule has 1 aromatic heterocycles. The van der Waals surface area contributed by atoms with Crippen LogP contribution in [0.2, 0.25) is 0 Å². The van der Waals surface area contributed by atoms with Gasteiger partial charge in [-0.05, 0) is 74.6 Å². The van der Waals surface area contributed by atoms with Crippen molar-refractivity contribution in [3.8, 4) is 5.75 Å². The molecule has 0 aliphatic carbocycles. The zero-order chi connectivity index (χ0) is 36.6. The lowest BCUT2D eigenvalue weighted by Gasteiger charge is -2.35. The Morgan fingerprint density at radius 1 is 0.902 bits per heavy atom. The van der Waals surface area contributed by atoms with Gasteiger partial charge in [0, 0.05) is 51.0 Å². The summed E-state index contributed by atoms with van der Waals surface area (Å²) in [7, 11) is 1.98. The number of pyridine rings is 1. The molecule has 0 radical (unpaired) electrons. The maximum atomic E-state index is 12.0. The van der Waals surface area contributed by atoms with E-state index >= 15 is 0 Å². The number of nitrogens with one attached hydrogen (secondary N) is 2. The highest BCUT2D eigenvalue weighted by atomic mass is 32.1. The molecule has 0 fully saturated rings. The summed E-state index contributed by atoms with van der Waals surface area (Å²) in [6.07, 6.45) is -0.302. The summed E-state index contributed by atoms with van der Waals surface area (Å²) in [5, 5.41) is 26.1. The number of hydrogen-bond acceptors (Lipinski definition) is 11. The smallest absolute Gasteiger partial charge is 0.480 e. The van der Waals surface area contributed by atoms with Gasteiger partial charge in [0.05, 0.1) is 37.7 Å². The van der Waals surface area contributed by atoms with Crippen LogP contribution >= 0.6 is 12.2 Å². The van der Waals surface area contributed by atoms with Crippen molar-refractivity contribution in [3.05, 3.63) is 89.2 Å². The third kappa shape index (κ3) is 14.6. The van der Waals surface area contributed by atoms with E-state index in [1.807, 2.05) is 78.4 Å². The number of carbonyl (C=O) groups excluding carboxylic acids is 1. The summed E-state index contributed by atoms with van der Waals surface area (Å²) in [5.74, 6) is -1.49. The summed E-state index contributed by atoms with van der Waals surface area (Å²) >= 11 is 5.42. The van der Waals surface area contributed by atoms with E-state index in [0.29, 0.717) is 63.2 Å². The van der Waals surface area contributed by atoms with Gasteiger partial charge < -0.3 is 35.1 Å². The van der Waals surface area contributed by atoms with Gasteiger partial charge in [-0.1, -0.05) is 35.9 Å². The lowest BCUT2D eigenvalue weighted by Crippen LogP contribution is -2.49. The van der Waals surface area contributed by atoms with Crippen LogP contribution in [-0.2, 0) is 38.6 Å². The lowest BCUT2D eigenvalue weighted by atomic mass is 10.0. The lowest BCUT2D eigenvalue weighted by molar-refractivity contribution is -0.141. The fraction of sp³-hybridized carbons (Fsp3) is 0.417. The second-order valence-corrected chi connectivity index (χ2v) is 12.8. The van der Waals surface area contributed by atoms with Crippen molar-refractivity contribution < 1.29 is 38.8 Å². The first-order chi connectivity index (χ1) is 24.5. The Hall–Kier alpha value is -4.67. The Morgan fingerprint density at radius 2 is 1.61 bits per heavy atom. The molecule has 0 saturated carbocycles. The molecule has 0 amide bonds. The Kier molecular flexibility index (Phi) is 15.5. The number of thiocarbonyl (C=S) groups is 1. The minimum atomic E-state index is -0.967. The molecular formula is C36H46N6O8S. The summed E-state index contributed by atoms with van der Waals surface area (Å²) in [6.45, 7) is 5.02. The van der Waals surface area contributed by atoms with Gasteiger partial charge >= 0.3 is 18.1 Å². The second-order valence-electron chi connectivity index (χ2n) is 12.3. The van der Waals surface area contributed by atoms with Crippen LogP contribution in [0, 0.1) is 6.92 Å². The van der Waals surface area contributed by atoms with Crippen LogP contribution in [0.5, 0.6) is 5.75 Å². The molecule has 51 heavy (non-hydrogen) atoms. The molecule has 2 aromatic carbocycles. The quantitative estimate of drug-likeness (QED) is 0.0829. The summed E-state index contributed by atoms with van der Waals surface area (Å²) in [6, 6.07) is 20.2. The molecule has 274 valence electrons. The molecule has 1 atom stereocenters. The van der Waals surface area contributed by atoms with Crippen LogP contribution < -0.4 is 15.4 Å². The molecule has 4 N–H and O–H groups in total. The van der Waals surface area contributed by atoms with Gasteiger partial charge in [-0.3, -0.25) is 29.3 Å². The molecule has 4 rings (SSSR count). The number of aromatic nitrogens is 1. The van der Waals surface area contributed by atoms with Crippen LogP contribution in [0.25, 0.3) is 0 Å². The van der Waals surface area contributed by atoms with Crippen molar-refractivity contribution in [1.82, 2.24) is 25.0 Å².